The molecule has 0 radical (unpaired) electrons. The molecular formula is C19H20BrNO3. The van der Waals surface area contributed by atoms with Gasteiger partial charge in [0.15, 0.2) is 6.61 Å². The maximum absolute atomic E-state index is 11.9. The van der Waals surface area contributed by atoms with Crippen LogP contribution in [0.1, 0.15) is 42.1 Å². The number of carbonyl (C=O) groups is 2. The van der Waals surface area contributed by atoms with E-state index in [1.54, 1.807) is 24.3 Å². The van der Waals surface area contributed by atoms with Crippen LogP contribution in [0.15, 0.2) is 53.0 Å². The first-order valence-corrected chi connectivity index (χ1v) is 8.61. The summed E-state index contributed by atoms with van der Waals surface area (Å²) < 4.78 is 5.89. The molecule has 0 spiro atoms. The Balaban J connectivity index is 1.84. The molecule has 0 aliphatic heterocycles. The molecule has 0 bridgehead atoms. The molecule has 0 heterocycles. The molecule has 2 aromatic carbocycles. The van der Waals surface area contributed by atoms with E-state index in [2.05, 4.69) is 35.1 Å². The number of carbonyl (C=O) groups excluding carboxylic acids is 2. The zero-order chi connectivity index (χ0) is 17.5. The Morgan fingerprint density at radius 1 is 1.08 bits per heavy atom. The SMILES string of the molecule is CC[C@@H](C)c1ccc(NC(=O)COC(=O)c2ccc(Br)cc2)cc1. The number of hydrogen-bond donors (Lipinski definition) is 1. The Hall–Kier alpha value is -2.14. The van der Waals surface area contributed by atoms with Gasteiger partial charge in [0.25, 0.3) is 5.91 Å². The maximum Gasteiger partial charge on any atom is 0.338 e. The van der Waals surface area contributed by atoms with Gasteiger partial charge in [-0.15, -0.1) is 0 Å². The van der Waals surface area contributed by atoms with Crippen LogP contribution < -0.4 is 5.32 Å². The van der Waals surface area contributed by atoms with E-state index in [4.69, 9.17) is 4.74 Å². The van der Waals surface area contributed by atoms with Gasteiger partial charge in [0.2, 0.25) is 0 Å². The molecule has 0 saturated heterocycles. The van der Waals surface area contributed by atoms with Crippen molar-refractivity contribution in [3.05, 3.63) is 64.1 Å². The molecule has 0 fully saturated rings. The van der Waals surface area contributed by atoms with Crippen molar-refractivity contribution in [3.8, 4) is 0 Å². The first kappa shape index (κ1) is 18.2. The van der Waals surface area contributed by atoms with E-state index in [0.29, 0.717) is 17.2 Å². The van der Waals surface area contributed by atoms with Crippen molar-refractivity contribution in [2.24, 2.45) is 0 Å². The number of anilines is 1. The first-order valence-electron chi connectivity index (χ1n) is 7.82. The van der Waals surface area contributed by atoms with Crippen molar-refractivity contribution in [1.82, 2.24) is 0 Å². The van der Waals surface area contributed by atoms with Crippen LogP contribution in [0.2, 0.25) is 0 Å². The van der Waals surface area contributed by atoms with E-state index in [0.717, 1.165) is 10.9 Å². The molecule has 0 aliphatic carbocycles. The van der Waals surface area contributed by atoms with Crippen molar-refractivity contribution in [2.45, 2.75) is 26.2 Å². The number of hydrogen-bond acceptors (Lipinski definition) is 3. The van der Waals surface area contributed by atoms with Gasteiger partial charge in [-0.1, -0.05) is 41.9 Å². The Morgan fingerprint density at radius 2 is 1.71 bits per heavy atom. The van der Waals surface area contributed by atoms with E-state index in [1.165, 1.54) is 5.56 Å². The first-order chi connectivity index (χ1) is 11.5. The molecule has 5 heteroatoms. The van der Waals surface area contributed by atoms with Gasteiger partial charge in [-0.2, -0.15) is 0 Å². The lowest BCUT2D eigenvalue weighted by Crippen LogP contribution is -2.20. The summed E-state index contributed by atoms with van der Waals surface area (Å²) in [5, 5.41) is 2.72. The molecule has 0 saturated carbocycles. The molecule has 24 heavy (non-hydrogen) atoms. The fraction of sp³-hybridized carbons (Fsp3) is 0.263. The summed E-state index contributed by atoms with van der Waals surface area (Å²) in [4.78, 5) is 23.7. The van der Waals surface area contributed by atoms with Crippen LogP contribution in [-0.4, -0.2) is 18.5 Å². The molecule has 2 aromatic rings. The van der Waals surface area contributed by atoms with Crippen molar-refractivity contribution < 1.29 is 14.3 Å². The van der Waals surface area contributed by atoms with E-state index in [1.807, 2.05) is 24.3 Å². The number of esters is 1. The van der Waals surface area contributed by atoms with Crippen molar-refractivity contribution in [1.29, 1.82) is 0 Å². The summed E-state index contributed by atoms with van der Waals surface area (Å²) >= 11 is 3.30. The molecule has 1 N–H and O–H groups in total. The highest BCUT2D eigenvalue weighted by molar-refractivity contribution is 9.10. The van der Waals surface area contributed by atoms with E-state index in [-0.39, 0.29) is 12.5 Å². The van der Waals surface area contributed by atoms with Crippen LogP contribution >= 0.6 is 15.9 Å². The topological polar surface area (TPSA) is 55.4 Å². The third-order valence-corrected chi connectivity index (χ3v) is 4.32. The second-order valence-electron chi connectivity index (χ2n) is 5.56. The maximum atomic E-state index is 11.9. The Morgan fingerprint density at radius 3 is 2.29 bits per heavy atom. The number of ether oxygens (including phenoxy) is 1. The van der Waals surface area contributed by atoms with E-state index < -0.39 is 5.97 Å². The fourth-order valence-electron chi connectivity index (χ4n) is 2.13. The standard InChI is InChI=1S/C19H20BrNO3/c1-3-13(2)14-6-10-17(11-7-14)21-18(22)12-24-19(23)15-4-8-16(20)9-5-15/h4-11,13H,3,12H2,1-2H3,(H,21,22)/t13-/m1/s1. The zero-order valence-corrected chi connectivity index (χ0v) is 15.3. The molecule has 1 amide bonds. The molecule has 0 unspecified atom stereocenters. The number of rotatable bonds is 6. The molecule has 4 nitrogen and oxygen atoms in total. The number of benzene rings is 2. The van der Waals surface area contributed by atoms with Crippen LogP contribution in [0, 0.1) is 0 Å². The summed E-state index contributed by atoms with van der Waals surface area (Å²) in [6, 6.07) is 14.5. The minimum Gasteiger partial charge on any atom is -0.452 e. The lowest BCUT2D eigenvalue weighted by Gasteiger charge is -2.10. The summed E-state index contributed by atoms with van der Waals surface area (Å²) in [5.41, 5.74) is 2.33. The van der Waals surface area contributed by atoms with Gasteiger partial charge in [-0.25, -0.2) is 4.79 Å². The summed E-state index contributed by atoms with van der Waals surface area (Å²) in [6.45, 7) is 3.98. The highest BCUT2D eigenvalue weighted by atomic mass is 79.9. The van der Waals surface area contributed by atoms with E-state index >= 15 is 0 Å². The summed E-state index contributed by atoms with van der Waals surface area (Å²) in [7, 11) is 0. The minimum atomic E-state index is -0.523. The van der Waals surface area contributed by atoms with Gasteiger partial charge in [0.1, 0.15) is 0 Å². The number of nitrogens with one attached hydrogen (secondary N) is 1. The molecule has 0 aliphatic rings. The lowest BCUT2D eigenvalue weighted by molar-refractivity contribution is -0.119. The smallest absolute Gasteiger partial charge is 0.338 e. The van der Waals surface area contributed by atoms with E-state index in [9.17, 15) is 9.59 Å². The quantitative estimate of drug-likeness (QED) is 0.724. The van der Waals surface area contributed by atoms with Gasteiger partial charge in [0.05, 0.1) is 5.56 Å². The zero-order valence-electron chi connectivity index (χ0n) is 13.7. The molecular weight excluding hydrogens is 370 g/mol. The predicted molar refractivity (Wildman–Crippen MR) is 98.2 cm³/mol. The van der Waals surface area contributed by atoms with Crippen LogP contribution in [-0.2, 0) is 9.53 Å². The summed E-state index contributed by atoms with van der Waals surface area (Å²) in [5.74, 6) is -0.400. The molecule has 1 atom stereocenters. The molecule has 0 aromatic heterocycles. The van der Waals surface area contributed by atoms with Gasteiger partial charge < -0.3 is 10.1 Å². The van der Waals surface area contributed by atoms with Crippen molar-refractivity contribution in [3.63, 3.8) is 0 Å². The summed E-state index contributed by atoms with van der Waals surface area (Å²) in [6.07, 6.45) is 1.07. The third kappa shape index (κ3) is 5.20. The Bertz CT molecular complexity index is 696. The highest BCUT2D eigenvalue weighted by Crippen LogP contribution is 2.20. The number of amides is 1. The monoisotopic (exact) mass is 389 g/mol. The van der Waals surface area contributed by atoms with Gasteiger partial charge in [-0.05, 0) is 54.3 Å². The normalized spacial score (nSPS) is 11.6. The Kier molecular flexibility index (Phi) is 6.55. The third-order valence-electron chi connectivity index (χ3n) is 3.79. The highest BCUT2D eigenvalue weighted by Gasteiger charge is 2.10. The van der Waals surface area contributed by atoms with Crippen LogP contribution in [0.5, 0.6) is 0 Å². The van der Waals surface area contributed by atoms with Crippen LogP contribution in [0.4, 0.5) is 5.69 Å². The average Bonchev–Trinajstić information content (AvgIpc) is 2.60. The second-order valence-corrected chi connectivity index (χ2v) is 6.48. The largest absolute Gasteiger partial charge is 0.452 e. The fourth-order valence-corrected chi connectivity index (χ4v) is 2.39. The van der Waals surface area contributed by atoms with Gasteiger partial charge in [0, 0.05) is 10.2 Å². The van der Waals surface area contributed by atoms with Crippen molar-refractivity contribution >= 4 is 33.5 Å². The van der Waals surface area contributed by atoms with Crippen LogP contribution in [0.25, 0.3) is 0 Å². The van der Waals surface area contributed by atoms with Gasteiger partial charge in [-0.3, -0.25) is 4.79 Å². The van der Waals surface area contributed by atoms with Gasteiger partial charge >= 0.3 is 5.97 Å². The van der Waals surface area contributed by atoms with Crippen LogP contribution in [0.3, 0.4) is 0 Å². The minimum absolute atomic E-state index is 0.317. The predicted octanol–water partition coefficient (Wildman–Crippen LogP) is 4.76. The average molecular weight is 390 g/mol. The van der Waals surface area contributed by atoms with Crippen molar-refractivity contribution in [2.75, 3.05) is 11.9 Å². The Labute approximate surface area is 150 Å². The second kappa shape index (κ2) is 8.64. The molecule has 126 valence electrons. The number of halogens is 1. The lowest BCUT2D eigenvalue weighted by atomic mass is 9.99. The molecule has 2 rings (SSSR count).